The molecule has 0 fully saturated rings. The number of para-hydroxylation sites is 2. The molecule has 8 rings (SSSR count). The van der Waals surface area contributed by atoms with E-state index in [0.717, 1.165) is 23.5 Å². The maximum absolute atomic E-state index is 2.52. The van der Waals surface area contributed by atoms with Crippen LogP contribution in [0.5, 0.6) is 0 Å². The molecule has 1 aromatic heterocycles. The molecule has 0 radical (unpaired) electrons. The Balaban J connectivity index is 1.23. The maximum Gasteiger partial charge on any atom is 0.0538 e. The lowest BCUT2D eigenvalue weighted by Gasteiger charge is -2.27. The van der Waals surface area contributed by atoms with Gasteiger partial charge in [0, 0.05) is 45.0 Å². The smallest absolute Gasteiger partial charge is 0.0538 e. The van der Waals surface area contributed by atoms with Crippen molar-refractivity contribution in [2.45, 2.75) is 26.2 Å². The molecule has 1 aliphatic rings. The van der Waals surface area contributed by atoms with Gasteiger partial charge in [-0.05, 0) is 84.5 Å². The highest BCUT2D eigenvalue weighted by Gasteiger charge is 2.27. The van der Waals surface area contributed by atoms with Crippen LogP contribution >= 0.6 is 0 Å². The minimum Gasteiger partial charge on any atom is -0.312 e. The second-order valence-electron chi connectivity index (χ2n) is 12.0. The number of aryl methyl sites for hydroxylation is 1. The lowest BCUT2D eigenvalue weighted by atomic mass is 9.84. The molecule has 0 saturated carbocycles. The molecule has 44 heavy (non-hydrogen) atoms. The topological polar surface area (TPSA) is 8.17 Å². The first-order valence-electron chi connectivity index (χ1n) is 15.5. The summed E-state index contributed by atoms with van der Waals surface area (Å²) in [5.74, 6) is 0.365. The quantitative estimate of drug-likeness (QED) is 0.201. The van der Waals surface area contributed by atoms with Gasteiger partial charge in [0.15, 0.2) is 0 Å². The molecule has 6 aromatic carbocycles. The normalized spacial score (nSPS) is 14.4. The Morgan fingerprint density at radius 2 is 1.20 bits per heavy atom. The number of allylic oxidation sites excluding steroid dienone is 1. The Kier molecular flexibility index (Phi) is 6.42. The van der Waals surface area contributed by atoms with Gasteiger partial charge in [0.1, 0.15) is 0 Å². The van der Waals surface area contributed by atoms with Crippen LogP contribution in [0.15, 0.2) is 146 Å². The summed E-state index contributed by atoms with van der Waals surface area (Å²) >= 11 is 0. The monoisotopic (exact) mass is 566 g/mol. The third-order valence-corrected chi connectivity index (χ3v) is 9.07. The fourth-order valence-corrected chi connectivity index (χ4v) is 6.99. The fourth-order valence-electron chi connectivity index (χ4n) is 6.99. The molecule has 212 valence electrons. The first-order chi connectivity index (χ1) is 21.7. The van der Waals surface area contributed by atoms with Crippen molar-refractivity contribution in [1.82, 2.24) is 4.57 Å². The predicted molar refractivity (Wildman–Crippen MR) is 188 cm³/mol. The van der Waals surface area contributed by atoms with Crippen LogP contribution in [0.25, 0.3) is 39.0 Å². The minimum atomic E-state index is 0.365. The summed E-state index contributed by atoms with van der Waals surface area (Å²) in [5.41, 5.74) is 12.7. The molecule has 0 aliphatic heterocycles. The fraction of sp³-hybridized carbons (Fsp3) is 0.0952. The highest BCUT2D eigenvalue weighted by atomic mass is 15.1. The molecule has 0 N–H and O–H groups in total. The molecule has 0 spiro atoms. The zero-order valence-corrected chi connectivity index (χ0v) is 25.1. The Morgan fingerprint density at radius 3 is 1.98 bits per heavy atom. The molecule has 1 atom stereocenters. The summed E-state index contributed by atoms with van der Waals surface area (Å²) in [6.45, 7) is 4.52. The van der Waals surface area contributed by atoms with E-state index >= 15 is 0 Å². The molecule has 7 aromatic rings. The van der Waals surface area contributed by atoms with Gasteiger partial charge in [-0.1, -0.05) is 110 Å². The van der Waals surface area contributed by atoms with Crippen molar-refractivity contribution >= 4 is 50.4 Å². The largest absolute Gasteiger partial charge is 0.312 e. The number of nitrogens with zero attached hydrogens (tertiary/aromatic N) is 2. The summed E-state index contributed by atoms with van der Waals surface area (Å²) < 4.78 is 2.52. The van der Waals surface area contributed by atoms with Crippen molar-refractivity contribution in [3.63, 3.8) is 0 Å². The molecule has 2 nitrogen and oxygen atoms in total. The van der Waals surface area contributed by atoms with Crippen LogP contribution in [-0.2, 0) is 0 Å². The molecule has 0 saturated heterocycles. The number of anilines is 3. The molecule has 1 aliphatic carbocycles. The van der Waals surface area contributed by atoms with Gasteiger partial charge in [0.05, 0.1) is 11.2 Å². The Bertz CT molecular complexity index is 2140. The summed E-state index contributed by atoms with van der Waals surface area (Å²) in [6.07, 6.45) is 3.44. The Hall–Kier alpha value is -5.34. The maximum atomic E-state index is 2.52. The second kappa shape index (κ2) is 10.7. The van der Waals surface area contributed by atoms with Gasteiger partial charge < -0.3 is 9.47 Å². The molecule has 0 amide bonds. The third kappa shape index (κ3) is 4.42. The van der Waals surface area contributed by atoms with Gasteiger partial charge in [0.25, 0.3) is 0 Å². The van der Waals surface area contributed by atoms with Crippen molar-refractivity contribution in [2.75, 3.05) is 4.90 Å². The molecule has 0 bridgehead atoms. The summed E-state index contributed by atoms with van der Waals surface area (Å²) in [6, 6.07) is 52.8. The summed E-state index contributed by atoms with van der Waals surface area (Å²) in [7, 11) is 0. The average Bonchev–Trinajstić information content (AvgIpc) is 3.41. The van der Waals surface area contributed by atoms with Crippen molar-refractivity contribution in [2.24, 2.45) is 0 Å². The van der Waals surface area contributed by atoms with Crippen molar-refractivity contribution < 1.29 is 0 Å². The Labute approximate surface area is 259 Å². The van der Waals surface area contributed by atoms with Gasteiger partial charge >= 0.3 is 0 Å². The van der Waals surface area contributed by atoms with Crippen molar-refractivity contribution in [3.05, 3.63) is 168 Å². The van der Waals surface area contributed by atoms with Crippen LogP contribution in [-0.4, -0.2) is 4.57 Å². The van der Waals surface area contributed by atoms with Crippen LogP contribution in [0.1, 0.15) is 41.6 Å². The van der Waals surface area contributed by atoms with E-state index in [1.165, 1.54) is 55.3 Å². The number of hydrogen-bond acceptors (Lipinski definition) is 1. The highest BCUT2D eigenvalue weighted by molar-refractivity contribution is 6.01. The first-order valence-corrected chi connectivity index (χ1v) is 15.5. The average molecular weight is 567 g/mol. The van der Waals surface area contributed by atoms with E-state index in [2.05, 4.69) is 175 Å². The van der Waals surface area contributed by atoms with E-state index in [9.17, 15) is 0 Å². The van der Waals surface area contributed by atoms with Crippen LogP contribution in [0.4, 0.5) is 17.1 Å². The Morgan fingerprint density at radius 1 is 0.591 bits per heavy atom. The third-order valence-electron chi connectivity index (χ3n) is 9.07. The van der Waals surface area contributed by atoms with Gasteiger partial charge in [-0.25, -0.2) is 0 Å². The molecule has 2 heteroatoms. The molecular weight excluding hydrogens is 532 g/mol. The van der Waals surface area contributed by atoms with Gasteiger partial charge in [-0.15, -0.1) is 0 Å². The number of aromatic nitrogens is 1. The van der Waals surface area contributed by atoms with Crippen LogP contribution < -0.4 is 4.90 Å². The van der Waals surface area contributed by atoms with E-state index in [4.69, 9.17) is 0 Å². The van der Waals surface area contributed by atoms with E-state index in [-0.39, 0.29) is 0 Å². The van der Waals surface area contributed by atoms with Crippen molar-refractivity contribution in [3.8, 4) is 5.69 Å². The van der Waals surface area contributed by atoms with Crippen LogP contribution in [0.3, 0.4) is 0 Å². The number of hydrogen-bond donors (Lipinski definition) is 0. The molecular formula is C42H34N2. The van der Waals surface area contributed by atoms with Gasteiger partial charge in [-0.2, -0.15) is 0 Å². The van der Waals surface area contributed by atoms with E-state index in [0.29, 0.717) is 5.92 Å². The zero-order chi connectivity index (χ0) is 29.6. The standard InChI is InChI=1S/C42H34N2/c1-29-19-23-35(24-20-29)43(34-13-4-3-5-14-34)36-25-21-31(22-26-36)33-27-30(2)42-39(28-33)38-16-8-9-17-41(38)44(42)40-18-10-12-32-11-6-7-15-37(32)40/h3-26,28,30H,27H2,1-2H3. The summed E-state index contributed by atoms with van der Waals surface area (Å²) in [4.78, 5) is 2.33. The SMILES string of the molecule is Cc1ccc(N(c2ccccc2)c2ccc(C3=Cc4c(n(-c5cccc6ccccc56)c5ccccc45)C(C)C3)cc2)cc1. The summed E-state index contributed by atoms with van der Waals surface area (Å²) in [5, 5.41) is 3.87. The van der Waals surface area contributed by atoms with E-state index in [1.54, 1.807) is 0 Å². The predicted octanol–water partition coefficient (Wildman–Crippen LogP) is 11.6. The first kappa shape index (κ1) is 26.3. The number of benzene rings is 6. The van der Waals surface area contributed by atoms with Crippen molar-refractivity contribution in [1.29, 1.82) is 0 Å². The number of rotatable bonds is 5. The van der Waals surface area contributed by atoms with E-state index < -0.39 is 0 Å². The molecule has 1 unspecified atom stereocenters. The van der Waals surface area contributed by atoms with Crippen LogP contribution in [0, 0.1) is 6.92 Å². The minimum absolute atomic E-state index is 0.365. The van der Waals surface area contributed by atoms with E-state index in [1.807, 2.05) is 0 Å². The zero-order valence-electron chi connectivity index (χ0n) is 25.1. The molecule has 1 heterocycles. The highest BCUT2D eigenvalue weighted by Crippen LogP contribution is 2.45. The van der Waals surface area contributed by atoms with Gasteiger partial charge in [-0.3, -0.25) is 0 Å². The van der Waals surface area contributed by atoms with Crippen LogP contribution in [0.2, 0.25) is 0 Å². The second-order valence-corrected chi connectivity index (χ2v) is 12.0. The number of fused-ring (bicyclic) bond motifs is 4. The lowest BCUT2D eigenvalue weighted by Crippen LogP contribution is -2.11. The van der Waals surface area contributed by atoms with Gasteiger partial charge in [0.2, 0.25) is 0 Å². The lowest BCUT2D eigenvalue weighted by molar-refractivity contribution is 0.734.